The summed E-state index contributed by atoms with van der Waals surface area (Å²) in [6.07, 6.45) is 5.73. The Balaban J connectivity index is 1.85. The number of likely N-dealkylation sites (N-methyl/N-ethyl adjacent to an activating group) is 1. The van der Waals surface area contributed by atoms with E-state index in [0.717, 1.165) is 19.6 Å². The maximum atomic E-state index is 2.48. The van der Waals surface area contributed by atoms with Crippen LogP contribution in [-0.4, -0.2) is 31.6 Å². The van der Waals surface area contributed by atoms with Gasteiger partial charge in [0.1, 0.15) is 0 Å². The summed E-state index contributed by atoms with van der Waals surface area (Å²) >= 11 is 0. The highest BCUT2D eigenvalue weighted by Crippen LogP contribution is 2.30. The van der Waals surface area contributed by atoms with Crippen molar-refractivity contribution < 1.29 is 0 Å². The molecule has 1 aromatic carbocycles. The summed E-state index contributed by atoms with van der Waals surface area (Å²) in [5.41, 5.74) is 4.52. The number of hydrogen-bond donors (Lipinski definition) is 0. The zero-order chi connectivity index (χ0) is 11.0. The molecule has 0 fully saturated rings. The lowest BCUT2D eigenvalue weighted by atomic mass is 10.0. The largest absolute Gasteiger partial charge is 0.374 e. The molecular formula is C14H18N2. The summed E-state index contributed by atoms with van der Waals surface area (Å²) in [6, 6.07) is 6.73. The lowest BCUT2D eigenvalue weighted by molar-refractivity contribution is 0.344. The van der Waals surface area contributed by atoms with E-state index >= 15 is 0 Å². The predicted molar refractivity (Wildman–Crippen MR) is 67.8 cm³/mol. The Labute approximate surface area is 97.2 Å². The minimum Gasteiger partial charge on any atom is -0.374 e. The van der Waals surface area contributed by atoms with Crippen molar-refractivity contribution in [3.8, 4) is 0 Å². The second-order valence-corrected chi connectivity index (χ2v) is 4.75. The summed E-state index contributed by atoms with van der Waals surface area (Å²) in [5.74, 6) is 0. The molecule has 0 radical (unpaired) electrons. The molecule has 0 saturated carbocycles. The van der Waals surface area contributed by atoms with E-state index in [2.05, 4.69) is 47.2 Å². The molecule has 84 valence electrons. The topological polar surface area (TPSA) is 6.48 Å². The first-order valence-corrected chi connectivity index (χ1v) is 6.04. The molecule has 2 aliphatic rings. The molecule has 0 N–H and O–H groups in total. The summed E-state index contributed by atoms with van der Waals surface area (Å²) in [4.78, 5) is 4.84. The van der Waals surface area contributed by atoms with Gasteiger partial charge in [0, 0.05) is 38.9 Å². The molecule has 1 aromatic rings. The van der Waals surface area contributed by atoms with Crippen LogP contribution in [0.3, 0.4) is 0 Å². The van der Waals surface area contributed by atoms with Crippen LogP contribution in [0.2, 0.25) is 0 Å². The maximum Gasteiger partial charge on any atom is 0.0400 e. The van der Waals surface area contributed by atoms with Gasteiger partial charge in [0.25, 0.3) is 0 Å². The van der Waals surface area contributed by atoms with E-state index in [1.165, 1.54) is 24.2 Å². The minimum atomic E-state index is 1.10. The Morgan fingerprint density at radius 3 is 2.81 bits per heavy atom. The van der Waals surface area contributed by atoms with E-state index in [1.807, 2.05) is 0 Å². The number of rotatable bonds is 2. The van der Waals surface area contributed by atoms with E-state index in [-0.39, 0.29) is 0 Å². The number of anilines is 1. The quantitative estimate of drug-likeness (QED) is 0.695. The summed E-state index contributed by atoms with van der Waals surface area (Å²) < 4.78 is 0. The van der Waals surface area contributed by atoms with Gasteiger partial charge in [-0.3, -0.25) is 4.90 Å². The summed E-state index contributed by atoms with van der Waals surface area (Å²) in [5, 5.41) is 0. The molecule has 0 atom stereocenters. The molecule has 0 bridgehead atoms. The van der Waals surface area contributed by atoms with Crippen molar-refractivity contribution in [3.63, 3.8) is 0 Å². The average molecular weight is 214 g/mol. The second-order valence-electron chi connectivity index (χ2n) is 4.75. The first-order valence-electron chi connectivity index (χ1n) is 6.04. The monoisotopic (exact) mass is 214 g/mol. The van der Waals surface area contributed by atoms with Crippen molar-refractivity contribution in [1.82, 2.24) is 4.90 Å². The van der Waals surface area contributed by atoms with Crippen molar-refractivity contribution in [2.75, 3.05) is 31.6 Å². The number of nitrogens with zero attached hydrogens (tertiary/aromatic N) is 2. The fourth-order valence-corrected chi connectivity index (χ4v) is 2.71. The number of benzene rings is 1. The van der Waals surface area contributed by atoms with Gasteiger partial charge in [-0.2, -0.15) is 0 Å². The SMILES string of the molecule is CN1CCc2c(CN3CC=CC3)cccc21. The maximum absolute atomic E-state index is 2.48. The number of fused-ring (bicyclic) bond motifs is 1. The molecule has 0 amide bonds. The molecule has 0 saturated heterocycles. The molecule has 3 rings (SSSR count). The molecule has 0 aliphatic carbocycles. The van der Waals surface area contributed by atoms with Crippen molar-refractivity contribution in [2.45, 2.75) is 13.0 Å². The highest BCUT2D eigenvalue weighted by Gasteiger charge is 2.19. The van der Waals surface area contributed by atoms with Crippen LogP contribution in [0.5, 0.6) is 0 Å². The van der Waals surface area contributed by atoms with E-state index < -0.39 is 0 Å². The van der Waals surface area contributed by atoms with Crippen molar-refractivity contribution >= 4 is 5.69 Å². The highest BCUT2D eigenvalue weighted by atomic mass is 15.1. The minimum absolute atomic E-state index is 1.10. The molecule has 2 nitrogen and oxygen atoms in total. The Bertz CT molecular complexity index is 415. The molecule has 2 heteroatoms. The zero-order valence-corrected chi connectivity index (χ0v) is 9.82. The van der Waals surface area contributed by atoms with Gasteiger partial charge in [-0.1, -0.05) is 24.3 Å². The fourth-order valence-electron chi connectivity index (χ4n) is 2.71. The van der Waals surface area contributed by atoms with Crippen LogP contribution in [-0.2, 0) is 13.0 Å². The van der Waals surface area contributed by atoms with Gasteiger partial charge >= 0.3 is 0 Å². The van der Waals surface area contributed by atoms with Crippen LogP contribution in [0.4, 0.5) is 5.69 Å². The van der Waals surface area contributed by atoms with E-state index in [9.17, 15) is 0 Å². The van der Waals surface area contributed by atoms with Gasteiger partial charge in [-0.05, 0) is 23.6 Å². The predicted octanol–water partition coefficient (Wildman–Crippen LogP) is 2.05. The normalized spacial score (nSPS) is 19.4. The lowest BCUT2D eigenvalue weighted by Crippen LogP contribution is -2.19. The van der Waals surface area contributed by atoms with Gasteiger partial charge in [-0.25, -0.2) is 0 Å². The summed E-state index contributed by atoms with van der Waals surface area (Å²) in [6.45, 7) is 4.49. The first kappa shape index (κ1) is 9.91. The third-order valence-electron chi connectivity index (χ3n) is 3.64. The van der Waals surface area contributed by atoms with Crippen molar-refractivity contribution in [3.05, 3.63) is 41.5 Å². The third-order valence-corrected chi connectivity index (χ3v) is 3.64. The van der Waals surface area contributed by atoms with Gasteiger partial charge < -0.3 is 4.90 Å². The Kier molecular flexibility index (Phi) is 2.44. The number of hydrogen-bond acceptors (Lipinski definition) is 2. The average Bonchev–Trinajstić information content (AvgIpc) is 2.90. The van der Waals surface area contributed by atoms with Gasteiger partial charge in [-0.15, -0.1) is 0 Å². The third kappa shape index (κ3) is 1.63. The van der Waals surface area contributed by atoms with Crippen LogP contribution in [0.15, 0.2) is 30.4 Å². The molecular weight excluding hydrogens is 196 g/mol. The van der Waals surface area contributed by atoms with Crippen LogP contribution in [0, 0.1) is 0 Å². The molecule has 0 aromatic heterocycles. The lowest BCUT2D eigenvalue weighted by Gasteiger charge is -2.18. The van der Waals surface area contributed by atoms with Crippen molar-refractivity contribution in [2.24, 2.45) is 0 Å². The smallest absolute Gasteiger partial charge is 0.0400 e. The summed E-state index contributed by atoms with van der Waals surface area (Å²) in [7, 11) is 2.19. The highest BCUT2D eigenvalue weighted by molar-refractivity contribution is 5.60. The van der Waals surface area contributed by atoms with Gasteiger partial charge in [0.15, 0.2) is 0 Å². The second kappa shape index (κ2) is 3.95. The first-order chi connectivity index (χ1) is 7.84. The van der Waals surface area contributed by atoms with Gasteiger partial charge in [0.05, 0.1) is 0 Å². The van der Waals surface area contributed by atoms with E-state index in [1.54, 1.807) is 5.56 Å². The van der Waals surface area contributed by atoms with Crippen molar-refractivity contribution in [1.29, 1.82) is 0 Å². The molecule has 0 spiro atoms. The van der Waals surface area contributed by atoms with Gasteiger partial charge in [0.2, 0.25) is 0 Å². The van der Waals surface area contributed by atoms with Crippen LogP contribution >= 0.6 is 0 Å². The van der Waals surface area contributed by atoms with Crippen LogP contribution in [0.25, 0.3) is 0 Å². The Morgan fingerprint density at radius 1 is 1.19 bits per heavy atom. The van der Waals surface area contributed by atoms with E-state index in [0.29, 0.717) is 0 Å². The fraction of sp³-hybridized carbons (Fsp3) is 0.429. The van der Waals surface area contributed by atoms with E-state index in [4.69, 9.17) is 0 Å². The molecule has 2 aliphatic heterocycles. The Morgan fingerprint density at radius 2 is 2.00 bits per heavy atom. The zero-order valence-electron chi connectivity index (χ0n) is 9.82. The Hall–Kier alpha value is -1.28. The van der Waals surface area contributed by atoms with Crippen LogP contribution in [0.1, 0.15) is 11.1 Å². The molecule has 0 unspecified atom stereocenters. The molecule has 16 heavy (non-hydrogen) atoms. The van der Waals surface area contributed by atoms with Crippen LogP contribution < -0.4 is 4.90 Å². The standard InChI is InChI=1S/C14H18N2/c1-15-10-7-13-12(5-4-6-14(13)15)11-16-8-2-3-9-16/h2-6H,7-11H2,1H3. The molecule has 2 heterocycles.